The Morgan fingerprint density at radius 1 is 1.48 bits per heavy atom. The Balaban J connectivity index is 2.09. The molecule has 0 aromatic heterocycles. The highest BCUT2D eigenvalue weighted by Crippen LogP contribution is 2.16. The van der Waals surface area contributed by atoms with E-state index in [0.29, 0.717) is 18.0 Å². The zero-order valence-corrected chi connectivity index (χ0v) is 14.4. The molecule has 0 aliphatic carbocycles. The van der Waals surface area contributed by atoms with Crippen LogP contribution in [0.1, 0.15) is 37.8 Å². The molecule has 2 rings (SSSR count). The Labute approximate surface area is 138 Å². The molecule has 1 N–H and O–H groups in total. The van der Waals surface area contributed by atoms with Gasteiger partial charge in [-0.25, -0.2) is 9.38 Å². The van der Waals surface area contributed by atoms with E-state index in [-0.39, 0.29) is 12.4 Å². The number of methoxy groups -OCH3 is 1. The molecular formula is C18H28FN3O. The van der Waals surface area contributed by atoms with E-state index >= 15 is 0 Å². The molecule has 4 nitrogen and oxygen atoms in total. The molecule has 1 aromatic carbocycles. The standard InChI is InChI=1S/C18H28FN3O/c1-4-20-18(22-9-5-6-14(2)12-22)21-11-15-7-8-17(19)16(10-15)13-23-3/h7-8,10,14H,4-6,9,11-13H2,1-3H3,(H,20,21). The number of benzene rings is 1. The van der Waals surface area contributed by atoms with Crippen LogP contribution in [0, 0.1) is 11.7 Å². The maximum absolute atomic E-state index is 13.7. The minimum atomic E-state index is -0.226. The lowest BCUT2D eigenvalue weighted by Crippen LogP contribution is -2.46. The number of hydrogen-bond acceptors (Lipinski definition) is 2. The number of halogens is 1. The second kappa shape index (κ2) is 8.87. The van der Waals surface area contributed by atoms with E-state index in [1.807, 2.05) is 6.07 Å². The number of nitrogens with zero attached hydrogens (tertiary/aromatic N) is 2. The molecule has 1 saturated heterocycles. The fourth-order valence-electron chi connectivity index (χ4n) is 2.97. The Hall–Kier alpha value is -1.62. The minimum absolute atomic E-state index is 0.226. The highest BCUT2D eigenvalue weighted by Gasteiger charge is 2.19. The van der Waals surface area contributed by atoms with Gasteiger partial charge in [0.15, 0.2) is 5.96 Å². The van der Waals surface area contributed by atoms with Crippen LogP contribution in [0.4, 0.5) is 4.39 Å². The SMILES string of the molecule is CCNC(=NCc1ccc(F)c(COC)c1)N1CCCC(C)C1. The quantitative estimate of drug-likeness (QED) is 0.668. The normalized spacial score (nSPS) is 19.0. The molecular weight excluding hydrogens is 293 g/mol. The average Bonchev–Trinajstić information content (AvgIpc) is 2.54. The monoisotopic (exact) mass is 321 g/mol. The van der Waals surface area contributed by atoms with Gasteiger partial charge in [-0.05, 0) is 43.4 Å². The summed E-state index contributed by atoms with van der Waals surface area (Å²) in [5.74, 6) is 1.43. The maximum Gasteiger partial charge on any atom is 0.194 e. The van der Waals surface area contributed by atoms with Crippen molar-refractivity contribution in [1.29, 1.82) is 0 Å². The third-order valence-electron chi connectivity index (χ3n) is 4.11. The number of hydrogen-bond donors (Lipinski definition) is 1. The number of nitrogens with one attached hydrogen (secondary N) is 1. The van der Waals surface area contributed by atoms with Crippen molar-refractivity contribution in [2.24, 2.45) is 10.9 Å². The van der Waals surface area contributed by atoms with Gasteiger partial charge in [-0.15, -0.1) is 0 Å². The van der Waals surface area contributed by atoms with Crippen molar-refractivity contribution in [1.82, 2.24) is 10.2 Å². The number of piperidine rings is 1. The number of guanidine groups is 1. The van der Waals surface area contributed by atoms with Crippen LogP contribution in [0.25, 0.3) is 0 Å². The van der Waals surface area contributed by atoms with E-state index in [1.165, 1.54) is 18.9 Å². The van der Waals surface area contributed by atoms with Gasteiger partial charge in [-0.1, -0.05) is 13.0 Å². The van der Waals surface area contributed by atoms with Crippen LogP contribution in [0.2, 0.25) is 0 Å². The summed E-state index contributed by atoms with van der Waals surface area (Å²) in [5.41, 5.74) is 1.58. The van der Waals surface area contributed by atoms with E-state index in [4.69, 9.17) is 9.73 Å². The molecule has 0 spiro atoms. The molecule has 1 aliphatic rings. The third kappa shape index (κ3) is 5.20. The molecule has 0 bridgehead atoms. The predicted octanol–water partition coefficient (Wildman–Crippen LogP) is 3.17. The molecule has 0 amide bonds. The number of likely N-dealkylation sites (tertiary alicyclic amines) is 1. The third-order valence-corrected chi connectivity index (χ3v) is 4.11. The van der Waals surface area contributed by atoms with Crippen LogP contribution >= 0.6 is 0 Å². The van der Waals surface area contributed by atoms with E-state index in [9.17, 15) is 4.39 Å². The smallest absolute Gasteiger partial charge is 0.194 e. The van der Waals surface area contributed by atoms with Crippen LogP contribution in [-0.4, -0.2) is 37.6 Å². The fourth-order valence-corrected chi connectivity index (χ4v) is 2.97. The van der Waals surface area contributed by atoms with Gasteiger partial charge < -0.3 is 15.0 Å². The molecule has 1 fully saturated rings. The van der Waals surface area contributed by atoms with Crippen molar-refractivity contribution >= 4 is 5.96 Å². The van der Waals surface area contributed by atoms with Crippen LogP contribution in [-0.2, 0) is 17.9 Å². The van der Waals surface area contributed by atoms with Gasteiger partial charge in [-0.3, -0.25) is 0 Å². The highest BCUT2D eigenvalue weighted by molar-refractivity contribution is 5.80. The minimum Gasteiger partial charge on any atom is -0.380 e. The van der Waals surface area contributed by atoms with Crippen LogP contribution < -0.4 is 5.32 Å². The molecule has 1 atom stereocenters. The highest BCUT2D eigenvalue weighted by atomic mass is 19.1. The van der Waals surface area contributed by atoms with Crippen LogP contribution in [0.5, 0.6) is 0 Å². The van der Waals surface area contributed by atoms with Gasteiger partial charge in [0.2, 0.25) is 0 Å². The Morgan fingerprint density at radius 2 is 2.30 bits per heavy atom. The number of rotatable bonds is 5. The molecule has 1 unspecified atom stereocenters. The largest absolute Gasteiger partial charge is 0.380 e. The van der Waals surface area contributed by atoms with Crippen molar-refractivity contribution in [2.75, 3.05) is 26.7 Å². The molecule has 23 heavy (non-hydrogen) atoms. The first-order valence-electron chi connectivity index (χ1n) is 8.43. The fraction of sp³-hybridized carbons (Fsp3) is 0.611. The summed E-state index contributed by atoms with van der Waals surface area (Å²) in [6.07, 6.45) is 2.49. The predicted molar refractivity (Wildman–Crippen MR) is 91.9 cm³/mol. The number of ether oxygens (including phenoxy) is 1. The topological polar surface area (TPSA) is 36.9 Å². The van der Waals surface area contributed by atoms with Crippen molar-refractivity contribution in [3.63, 3.8) is 0 Å². The molecule has 1 aliphatic heterocycles. The van der Waals surface area contributed by atoms with Gasteiger partial charge in [0, 0.05) is 32.3 Å². The first kappa shape index (κ1) is 17.7. The van der Waals surface area contributed by atoms with Gasteiger partial charge in [0.25, 0.3) is 0 Å². The van der Waals surface area contributed by atoms with E-state index < -0.39 is 0 Å². The van der Waals surface area contributed by atoms with Crippen molar-refractivity contribution in [2.45, 2.75) is 39.8 Å². The first-order valence-corrected chi connectivity index (χ1v) is 8.43. The van der Waals surface area contributed by atoms with Crippen molar-refractivity contribution < 1.29 is 9.13 Å². The van der Waals surface area contributed by atoms with Crippen LogP contribution in [0.15, 0.2) is 23.2 Å². The summed E-state index contributed by atoms with van der Waals surface area (Å²) in [5, 5.41) is 3.37. The maximum atomic E-state index is 13.7. The first-order chi connectivity index (χ1) is 11.1. The molecule has 128 valence electrons. The summed E-state index contributed by atoms with van der Waals surface area (Å²) in [7, 11) is 1.57. The Kier molecular flexibility index (Phi) is 6.84. The van der Waals surface area contributed by atoms with Gasteiger partial charge in [0.1, 0.15) is 5.82 Å². The second-order valence-electron chi connectivity index (χ2n) is 6.22. The van der Waals surface area contributed by atoms with Crippen LogP contribution in [0.3, 0.4) is 0 Å². The van der Waals surface area contributed by atoms with Crippen molar-refractivity contribution in [3.8, 4) is 0 Å². The molecule has 5 heteroatoms. The second-order valence-corrected chi connectivity index (χ2v) is 6.22. The lowest BCUT2D eigenvalue weighted by Gasteiger charge is -2.33. The molecule has 1 aromatic rings. The Morgan fingerprint density at radius 3 is 3.00 bits per heavy atom. The van der Waals surface area contributed by atoms with E-state index in [1.54, 1.807) is 13.2 Å². The summed E-state index contributed by atoms with van der Waals surface area (Å²) in [6.45, 7) is 8.14. The lowest BCUT2D eigenvalue weighted by atomic mass is 10.0. The van der Waals surface area contributed by atoms with Gasteiger partial charge in [-0.2, -0.15) is 0 Å². The molecule has 0 radical (unpaired) electrons. The van der Waals surface area contributed by atoms with Gasteiger partial charge >= 0.3 is 0 Å². The summed E-state index contributed by atoms with van der Waals surface area (Å²) >= 11 is 0. The zero-order valence-electron chi connectivity index (χ0n) is 14.4. The van der Waals surface area contributed by atoms with E-state index in [0.717, 1.165) is 31.2 Å². The summed E-state index contributed by atoms with van der Waals surface area (Å²) in [6, 6.07) is 5.13. The summed E-state index contributed by atoms with van der Waals surface area (Å²) < 4.78 is 18.7. The number of aliphatic imine (C=N–C) groups is 1. The zero-order chi connectivity index (χ0) is 16.7. The molecule has 0 saturated carbocycles. The average molecular weight is 321 g/mol. The Bertz CT molecular complexity index is 533. The van der Waals surface area contributed by atoms with E-state index in [2.05, 4.69) is 24.1 Å². The summed E-state index contributed by atoms with van der Waals surface area (Å²) in [4.78, 5) is 7.07. The van der Waals surface area contributed by atoms with Crippen molar-refractivity contribution in [3.05, 3.63) is 35.1 Å². The van der Waals surface area contributed by atoms with Gasteiger partial charge in [0.05, 0.1) is 13.2 Å². The molecule has 1 heterocycles. The lowest BCUT2D eigenvalue weighted by molar-refractivity contribution is 0.181.